The largest absolute Gasteiger partial charge is 0.361 e. The number of aryl methyl sites for hydroxylation is 2. The van der Waals surface area contributed by atoms with Gasteiger partial charge in [-0.05, 0) is 50.5 Å². The van der Waals surface area contributed by atoms with Crippen molar-refractivity contribution in [2.75, 3.05) is 11.9 Å². The highest BCUT2D eigenvalue weighted by atomic mass is 16.5. The minimum Gasteiger partial charge on any atom is -0.361 e. The van der Waals surface area contributed by atoms with Crippen LogP contribution in [-0.2, 0) is 11.2 Å². The van der Waals surface area contributed by atoms with Gasteiger partial charge in [0.2, 0.25) is 5.91 Å². The highest BCUT2D eigenvalue weighted by Gasteiger charge is 2.12. The van der Waals surface area contributed by atoms with Crippen molar-refractivity contribution in [2.24, 2.45) is 5.92 Å². The summed E-state index contributed by atoms with van der Waals surface area (Å²) in [6, 6.07) is 6.88. The average Bonchev–Trinajstić information content (AvgIpc) is 2.89. The molecule has 0 fully saturated rings. The lowest BCUT2D eigenvalue weighted by molar-refractivity contribution is -0.116. The van der Waals surface area contributed by atoms with Crippen LogP contribution in [0.4, 0.5) is 5.69 Å². The molecule has 0 aliphatic heterocycles. The standard InChI is InChI=1S/C19H25N3O3/c1-12(2)11-20-19(24)15-5-7-16(8-6-15)21-18(23)10-9-17-13(3)22-25-14(17)4/h5-8,12H,9-11H2,1-4H3,(H,20,24)(H,21,23). The Kier molecular flexibility index (Phi) is 6.33. The SMILES string of the molecule is Cc1noc(C)c1CCC(=O)Nc1ccc(C(=O)NCC(C)C)cc1. The van der Waals surface area contributed by atoms with Crippen molar-refractivity contribution in [3.63, 3.8) is 0 Å². The lowest BCUT2D eigenvalue weighted by Crippen LogP contribution is -2.27. The minimum atomic E-state index is -0.106. The Morgan fingerprint density at radius 3 is 2.40 bits per heavy atom. The Labute approximate surface area is 148 Å². The monoisotopic (exact) mass is 343 g/mol. The predicted octanol–water partition coefficient (Wildman–Crippen LogP) is 3.25. The summed E-state index contributed by atoms with van der Waals surface area (Å²) in [5, 5.41) is 9.59. The van der Waals surface area contributed by atoms with E-state index in [4.69, 9.17) is 4.52 Å². The molecule has 2 amide bonds. The summed E-state index contributed by atoms with van der Waals surface area (Å²) < 4.78 is 5.10. The molecule has 1 aromatic heterocycles. The third-order valence-electron chi connectivity index (χ3n) is 3.88. The summed E-state index contributed by atoms with van der Waals surface area (Å²) in [4.78, 5) is 24.1. The predicted molar refractivity (Wildman–Crippen MR) is 96.5 cm³/mol. The maximum Gasteiger partial charge on any atom is 0.251 e. The third kappa shape index (κ3) is 5.45. The van der Waals surface area contributed by atoms with Gasteiger partial charge in [-0.25, -0.2) is 0 Å². The van der Waals surface area contributed by atoms with Crippen LogP contribution in [-0.4, -0.2) is 23.5 Å². The normalized spacial score (nSPS) is 10.8. The van der Waals surface area contributed by atoms with Crippen LogP contribution in [0.2, 0.25) is 0 Å². The van der Waals surface area contributed by atoms with E-state index in [-0.39, 0.29) is 11.8 Å². The van der Waals surface area contributed by atoms with Crippen molar-refractivity contribution in [2.45, 2.75) is 40.5 Å². The van der Waals surface area contributed by atoms with Gasteiger partial charge in [-0.1, -0.05) is 19.0 Å². The lowest BCUT2D eigenvalue weighted by atomic mass is 10.1. The second-order valence-electron chi connectivity index (χ2n) is 6.53. The van der Waals surface area contributed by atoms with Crippen LogP contribution < -0.4 is 10.6 Å². The van der Waals surface area contributed by atoms with Gasteiger partial charge >= 0.3 is 0 Å². The van der Waals surface area contributed by atoms with Crippen LogP contribution in [0.5, 0.6) is 0 Å². The zero-order valence-electron chi connectivity index (χ0n) is 15.2. The van der Waals surface area contributed by atoms with Crippen LogP contribution in [0.15, 0.2) is 28.8 Å². The Hall–Kier alpha value is -2.63. The van der Waals surface area contributed by atoms with Gasteiger partial charge in [-0.2, -0.15) is 0 Å². The van der Waals surface area contributed by atoms with Crippen molar-refractivity contribution < 1.29 is 14.1 Å². The molecule has 2 N–H and O–H groups in total. The molecule has 2 rings (SSSR count). The zero-order valence-corrected chi connectivity index (χ0v) is 15.2. The molecule has 0 atom stereocenters. The Morgan fingerprint density at radius 1 is 1.16 bits per heavy atom. The molecular weight excluding hydrogens is 318 g/mol. The van der Waals surface area contributed by atoms with Gasteiger partial charge in [0, 0.05) is 29.8 Å². The van der Waals surface area contributed by atoms with Crippen molar-refractivity contribution in [1.82, 2.24) is 10.5 Å². The highest BCUT2D eigenvalue weighted by Crippen LogP contribution is 2.15. The van der Waals surface area contributed by atoms with Crippen molar-refractivity contribution in [3.8, 4) is 0 Å². The second-order valence-corrected chi connectivity index (χ2v) is 6.53. The summed E-state index contributed by atoms with van der Waals surface area (Å²) in [6.45, 7) is 8.44. The molecule has 134 valence electrons. The van der Waals surface area contributed by atoms with Gasteiger partial charge in [-0.15, -0.1) is 0 Å². The summed E-state index contributed by atoms with van der Waals surface area (Å²) in [5.41, 5.74) is 3.05. The number of nitrogens with zero attached hydrogens (tertiary/aromatic N) is 1. The Bertz CT molecular complexity index is 713. The molecule has 0 unspecified atom stereocenters. The minimum absolute atomic E-state index is 0.0861. The van der Waals surface area contributed by atoms with Crippen LogP contribution in [0, 0.1) is 19.8 Å². The fourth-order valence-electron chi connectivity index (χ4n) is 2.42. The topological polar surface area (TPSA) is 84.2 Å². The Morgan fingerprint density at radius 2 is 1.84 bits per heavy atom. The molecule has 0 bridgehead atoms. The van der Waals surface area contributed by atoms with Crippen LogP contribution >= 0.6 is 0 Å². The molecule has 0 aliphatic carbocycles. The van der Waals surface area contributed by atoms with E-state index in [9.17, 15) is 9.59 Å². The average molecular weight is 343 g/mol. The van der Waals surface area contributed by atoms with Crippen molar-refractivity contribution >= 4 is 17.5 Å². The summed E-state index contributed by atoms with van der Waals surface area (Å²) in [5.74, 6) is 0.962. The van der Waals surface area contributed by atoms with Gasteiger partial charge in [0.1, 0.15) is 5.76 Å². The molecule has 0 aliphatic rings. The molecule has 2 aromatic rings. The second kappa shape index (κ2) is 8.46. The van der Waals surface area contributed by atoms with Crippen LogP contribution in [0.3, 0.4) is 0 Å². The number of nitrogens with one attached hydrogen (secondary N) is 2. The van der Waals surface area contributed by atoms with Gasteiger partial charge < -0.3 is 15.2 Å². The summed E-state index contributed by atoms with van der Waals surface area (Å²) >= 11 is 0. The molecule has 0 spiro atoms. The fourth-order valence-corrected chi connectivity index (χ4v) is 2.42. The first-order chi connectivity index (χ1) is 11.9. The summed E-state index contributed by atoms with van der Waals surface area (Å²) in [7, 11) is 0. The zero-order chi connectivity index (χ0) is 18.4. The number of anilines is 1. The maximum atomic E-state index is 12.1. The highest BCUT2D eigenvalue weighted by molar-refractivity contribution is 5.95. The molecule has 25 heavy (non-hydrogen) atoms. The first-order valence-corrected chi connectivity index (χ1v) is 8.46. The molecule has 6 nitrogen and oxygen atoms in total. The third-order valence-corrected chi connectivity index (χ3v) is 3.88. The maximum absolute atomic E-state index is 12.1. The number of carbonyl (C=O) groups excluding carboxylic acids is 2. The summed E-state index contributed by atoms with van der Waals surface area (Å²) in [6.07, 6.45) is 0.933. The number of hydrogen-bond donors (Lipinski definition) is 2. The number of aromatic nitrogens is 1. The molecule has 0 saturated carbocycles. The van der Waals surface area contributed by atoms with Gasteiger partial charge in [0.15, 0.2) is 0 Å². The lowest BCUT2D eigenvalue weighted by Gasteiger charge is -2.09. The van der Waals surface area contributed by atoms with Gasteiger partial charge in [-0.3, -0.25) is 9.59 Å². The smallest absolute Gasteiger partial charge is 0.251 e. The van der Waals surface area contributed by atoms with E-state index in [0.29, 0.717) is 36.6 Å². The molecule has 1 heterocycles. The van der Waals surface area contributed by atoms with Crippen LogP contribution in [0.25, 0.3) is 0 Å². The van der Waals surface area contributed by atoms with Gasteiger partial charge in [0.05, 0.1) is 5.69 Å². The number of carbonyl (C=O) groups is 2. The Balaban J connectivity index is 1.86. The molecule has 0 saturated heterocycles. The van der Waals surface area contributed by atoms with E-state index in [2.05, 4.69) is 15.8 Å². The number of rotatable bonds is 7. The van der Waals surface area contributed by atoms with Gasteiger partial charge in [0.25, 0.3) is 5.91 Å². The fraction of sp³-hybridized carbons (Fsp3) is 0.421. The molecular formula is C19H25N3O3. The number of amides is 2. The molecule has 1 aromatic carbocycles. The first-order valence-electron chi connectivity index (χ1n) is 8.46. The molecule has 6 heteroatoms. The van der Waals surface area contributed by atoms with E-state index in [0.717, 1.165) is 17.0 Å². The van der Waals surface area contributed by atoms with Crippen molar-refractivity contribution in [3.05, 3.63) is 46.8 Å². The van der Waals surface area contributed by atoms with E-state index < -0.39 is 0 Å². The van der Waals surface area contributed by atoms with Crippen LogP contribution in [0.1, 0.15) is 47.6 Å². The van der Waals surface area contributed by atoms with E-state index in [1.807, 2.05) is 27.7 Å². The number of hydrogen-bond acceptors (Lipinski definition) is 4. The number of benzene rings is 1. The van der Waals surface area contributed by atoms with E-state index in [1.165, 1.54) is 0 Å². The van der Waals surface area contributed by atoms with E-state index in [1.54, 1.807) is 24.3 Å². The van der Waals surface area contributed by atoms with E-state index >= 15 is 0 Å². The van der Waals surface area contributed by atoms with Crippen molar-refractivity contribution in [1.29, 1.82) is 0 Å². The quantitative estimate of drug-likeness (QED) is 0.808. The molecule has 0 radical (unpaired) electrons. The first kappa shape index (κ1) is 18.7.